The lowest BCUT2D eigenvalue weighted by Crippen LogP contribution is -2.40. The molecule has 19 heavy (non-hydrogen) atoms. The fourth-order valence-electron chi connectivity index (χ4n) is 1.83. The molecule has 1 N–H and O–H groups in total. The zero-order valence-electron chi connectivity index (χ0n) is 12.5. The number of carbonyl (C=O) groups is 1. The van der Waals surface area contributed by atoms with Crippen molar-refractivity contribution in [2.75, 3.05) is 5.32 Å². The van der Waals surface area contributed by atoms with E-state index in [1.54, 1.807) is 0 Å². The maximum atomic E-state index is 11.3. The third-order valence-corrected chi connectivity index (χ3v) is 8.68. The van der Waals surface area contributed by atoms with Gasteiger partial charge in [-0.25, -0.2) is 0 Å². The van der Waals surface area contributed by atoms with Crippen LogP contribution in [0.25, 0.3) is 0 Å². The number of hydrogen-bond acceptors (Lipinski definition) is 2. The summed E-state index contributed by atoms with van der Waals surface area (Å²) in [5.74, 6) is 0.0810. The van der Waals surface area contributed by atoms with E-state index in [1.807, 2.05) is 12.1 Å². The predicted molar refractivity (Wildman–Crippen MR) is 80.8 cm³/mol. The zero-order valence-corrected chi connectivity index (χ0v) is 13.5. The highest BCUT2D eigenvalue weighted by molar-refractivity contribution is 6.74. The van der Waals surface area contributed by atoms with E-state index in [1.165, 1.54) is 0 Å². The topological polar surface area (TPSA) is 38.3 Å². The van der Waals surface area contributed by atoms with Gasteiger partial charge in [-0.3, -0.25) is 4.79 Å². The van der Waals surface area contributed by atoms with E-state index in [4.69, 9.17) is 4.43 Å². The van der Waals surface area contributed by atoms with Crippen LogP contribution in [0.15, 0.2) is 18.2 Å². The molecule has 0 spiro atoms. The Morgan fingerprint density at radius 1 is 1.32 bits per heavy atom. The maximum absolute atomic E-state index is 11.3. The first-order valence-electron chi connectivity index (χ1n) is 6.75. The smallest absolute Gasteiger partial charge is 0.228 e. The molecule has 0 saturated heterocycles. The molecule has 1 heterocycles. The lowest BCUT2D eigenvalue weighted by atomic mass is 10.1. The first-order chi connectivity index (χ1) is 8.69. The second-order valence-electron chi connectivity index (χ2n) is 6.77. The summed E-state index contributed by atoms with van der Waals surface area (Å²) in [6.07, 6.45) is 0.499. The summed E-state index contributed by atoms with van der Waals surface area (Å²) < 4.78 is 6.19. The molecule has 1 aliphatic heterocycles. The third kappa shape index (κ3) is 3.07. The van der Waals surface area contributed by atoms with Crippen LogP contribution >= 0.6 is 0 Å². The molecule has 0 fully saturated rings. The molecule has 0 bridgehead atoms. The van der Waals surface area contributed by atoms with Gasteiger partial charge in [0.15, 0.2) is 8.32 Å². The summed E-state index contributed by atoms with van der Waals surface area (Å²) in [4.78, 5) is 11.3. The van der Waals surface area contributed by atoms with Gasteiger partial charge in [-0.05, 0) is 35.3 Å². The van der Waals surface area contributed by atoms with Crippen LogP contribution in [-0.4, -0.2) is 14.2 Å². The van der Waals surface area contributed by atoms with Crippen LogP contribution in [0.1, 0.15) is 31.9 Å². The van der Waals surface area contributed by atoms with Gasteiger partial charge in [-0.1, -0.05) is 32.9 Å². The Labute approximate surface area is 116 Å². The van der Waals surface area contributed by atoms with Crippen molar-refractivity contribution in [2.45, 2.75) is 51.9 Å². The van der Waals surface area contributed by atoms with Crippen LogP contribution in [0.4, 0.5) is 5.69 Å². The van der Waals surface area contributed by atoms with E-state index in [-0.39, 0.29) is 10.9 Å². The highest BCUT2D eigenvalue weighted by Gasteiger charge is 2.37. The van der Waals surface area contributed by atoms with Crippen LogP contribution in [0, 0.1) is 0 Å². The Morgan fingerprint density at radius 3 is 2.63 bits per heavy atom. The molecule has 1 aromatic carbocycles. The molecule has 0 aromatic heterocycles. The molecule has 0 atom stereocenters. The van der Waals surface area contributed by atoms with Gasteiger partial charge in [0.05, 0.1) is 13.0 Å². The van der Waals surface area contributed by atoms with Gasteiger partial charge in [0.1, 0.15) is 0 Å². The van der Waals surface area contributed by atoms with Gasteiger partial charge in [-0.15, -0.1) is 0 Å². The van der Waals surface area contributed by atoms with Crippen LogP contribution in [0.2, 0.25) is 18.1 Å². The lowest BCUT2D eigenvalue weighted by Gasteiger charge is -2.36. The van der Waals surface area contributed by atoms with Crippen molar-refractivity contribution < 1.29 is 9.22 Å². The second-order valence-corrected chi connectivity index (χ2v) is 11.6. The minimum atomic E-state index is -1.71. The number of nitrogens with one attached hydrogen (secondary N) is 1. The molecule has 104 valence electrons. The Kier molecular flexibility index (Phi) is 3.58. The molecule has 3 nitrogen and oxygen atoms in total. The number of carbonyl (C=O) groups excluding carboxylic acids is 1. The van der Waals surface area contributed by atoms with Crippen molar-refractivity contribution in [3.63, 3.8) is 0 Å². The molecule has 0 radical (unpaired) electrons. The molecule has 1 amide bonds. The third-order valence-electron chi connectivity index (χ3n) is 4.21. The molecule has 2 rings (SSSR count). The van der Waals surface area contributed by atoms with E-state index < -0.39 is 8.32 Å². The number of amides is 1. The molecular formula is C15H23NO2Si. The lowest BCUT2D eigenvalue weighted by molar-refractivity contribution is -0.115. The fourth-order valence-corrected chi connectivity index (χ4v) is 2.79. The zero-order chi connectivity index (χ0) is 14.3. The number of anilines is 1. The van der Waals surface area contributed by atoms with Gasteiger partial charge in [0.25, 0.3) is 0 Å². The molecule has 1 aliphatic rings. The summed E-state index contributed by atoms with van der Waals surface area (Å²) in [5.41, 5.74) is 3.16. The summed E-state index contributed by atoms with van der Waals surface area (Å²) in [5, 5.41) is 3.10. The van der Waals surface area contributed by atoms with Crippen molar-refractivity contribution >= 4 is 19.9 Å². The molecule has 4 heteroatoms. The van der Waals surface area contributed by atoms with Gasteiger partial charge >= 0.3 is 0 Å². The fraction of sp³-hybridized carbons (Fsp3) is 0.533. The van der Waals surface area contributed by atoms with E-state index in [0.29, 0.717) is 13.0 Å². The van der Waals surface area contributed by atoms with Gasteiger partial charge in [0.2, 0.25) is 5.91 Å². The number of hydrogen-bond donors (Lipinski definition) is 1. The number of fused-ring (bicyclic) bond motifs is 1. The number of benzene rings is 1. The first kappa shape index (κ1) is 14.3. The van der Waals surface area contributed by atoms with Gasteiger partial charge in [-0.2, -0.15) is 0 Å². The molecule has 1 aromatic rings. The van der Waals surface area contributed by atoms with E-state index in [2.05, 4.69) is 45.2 Å². The quantitative estimate of drug-likeness (QED) is 0.855. The van der Waals surface area contributed by atoms with E-state index in [0.717, 1.165) is 16.8 Å². The highest BCUT2D eigenvalue weighted by atomic mass is 28.4. The monoisotopic (exact) mass is 277 g/mol. The average Bonchev–Trinajstić information content (AvgIpc) is 2.64. The molecule has 0 unspecified atom stereocenters. The average molecular weight is 277 g/mol. The van der Waals surface area contributed by atoms with Crippen LogP contribution in [0.5, 0.6) is 0 Å². The number of rotatable bonds is 3. The molecule has 0 saturated carbocycles. The normalized spacial score (nSPS) is 15.3. The highest BCUT2D eigenvalue weighted by Crippen LogP contribution is 2.37. The minimum absolute atomic E-state index is 0.0810. The standard InChI is InChI=1S/C15H23NO2Si/c1-15(2,3)19(4,5)18-10-11-6-7-12-9-14(17)16-13(12)8-11/h6-8H,9-10H2,1-5H3,(H,16,17). The van der Waals surface area contributed by atoms with Crippen LogP contribution in [0.3, 0.4) is 0 Å². The Bertz CT molecular complexity index is 503. The van der Waals surface area contributed by atoms with Crippen LogP contribution < -0.4 is 5.32 Å². The predicted octanol–water partition coefficient (Wildman–Crippen LogP) is 3.70. The summed E-state index contributed by atoms with van der Waals surface area (Å²) >= 11 is 0. The van der Waals surface area contributed by atoms with Crippen molar-refractivity contribution in [3.05, 3.63) is 29.3 Å². The summed E-state index contributed by atoms with van der Waals surface area (Å²) in [6.45, 7) is 11.8. The van der Waals surface area contributed by atoms with Gasteiger partial charge in [0, 0.05) is 5.69 Å². The summed E-state index contributed by atoms with van der Waals surface area (Å²) in [7, 11) is -1.71. The van der Waals surface area contributed by atoms with Crippen molar-refractivity contribution in [2.24, 2.45) is 0 Å². The second kappa shape index (κ2) is 4.76. The SMILES string of the molecule is CC(C)(C)[Si](C)(C)OCc1ccc2c(c1)NC(=O)C2. The molecular weight excluding hydrogens is 254 g/mol. The van der Waals surface area contributed by atoms with Crippen LogP contribution in [-0.2, 0) is 22.2 Å². The molecule has 0 aliphatic carbocycles. The van der Waals surface area contributed by atoms with Crippen molar-refractivity contribution in [3.8, 4) is 0 Å². The maximum Gasteiger partial charge on any atom is 0.228 e. The van der Waals surface area contributed by atoms with Crippen molar-refractivity contribution in [1.29, 1.82) is 0 Å². The Balaban J connectivity index is 2.06. The Morgan fingerprint density at radius 2 is 2.00 bits per heavy atom. The van der Waals surface area contributed by atoms with Gasteiger partial charge < -0.3 is 9.74 Å². The van der Waals surface area contributed by atoms with Crippen molar-refractivity contribution in [1.82, 2.24) is 0 Å². The minimum Gasteiger partial charge on any atom is -0.413 e. The summed E-state index contributed by atoms with van der Waals surface area (Å²) in [6, 6.07) is 6.12. The van der Waals surface area contributed by atoms with E-state index in [9.17, 15) is 4.79 Å². The first-order valence-corrected chi connectivity index (χ1v) is 9.65. The Hall–Kier alpha value is -1.13. The van der Waals surface area contributed by atoms with E-state index >= 15 is 0 Å². The largest absolute Gasteiger partial charge is 0.413 e.